The molecule has 28 aromatic rings. The molecule has 37 rings (SSSR count). The molecule has 28 aromatic carbocycles. The summed E-state index contributed by atoms with van der Waals surface area (Å²) >= 11 is 7.72. The quantitative estimate of drug-likeness (QED) is 0.127. The van der Waals surface area contributed by atoms with Crippen molar-refractivity contribution in [3.8, 4) is 0 Å². The van der Waals surface area contributed by atoms with E-state index >= 15 is 4.79 Å². The summed E-state index contributed by atoms with van der Waals surface area (Å²) < 4.78 is 2.76. The zero-order chi connectivity index (χ0) is 51.5. The summed E-state index contributed by atoms with van der Waals surface area (Å²) in [6, 6.07) is -0.222. The number of likely N-dealkylation sites (tertiary alicyclic amines) is 1. The van der Waals surface area contributed by atoms with Crippen LogP contribution in [0.5, 0.6) is 0 Å². The number of nitrogens with zero attached hydrogens (tertiary/aromatic N) is 1. The Balaban J connectivity index is 0.000000648. The van der Waals surface area contributed by atoms with Crippen molar-refractivity contribution in [2.45, 2.75) is 16.9 Å². The second-order valence-corrected chi connectivity index (χ2v) is 33.1. The predicted octanol–water partition coefficient (Wildman–Crippen LogP) is 21.3. The van der Waals surface area contributed by atoms with Crippen molar-refractivity contribution in [3.63, 3.8) is 0 Å². The van der Waals surface area contributed by atoms with Gasteiger partial charge in [0.05, 0.1) is 31.3 Å². The SMILES string of the molecule is O=C([C]1[CH][CH][CH][CH]1)N1CC23c4c5c6c7c8c9c(c%10c%11c2c2c4c4c%12c5c5c6c6c8c8c%13c9c9c%10c%10c%11c%11c2c2c4c4c%12c%12c5c5c6c8c6c8c%13c9c9c%10c%10c%11c2c2c4c4c%12c5c6c5c8c9c%10c2c45)C73C1C1=CSC(=C2SC=CS2)S1.[CH]1[CH][CH][CH][CH]1.[Fe+2]. The van der Waals surface area contributed by atoms with E-state index in [-0.39, 0.29) is 29.0 Å². The summed E-state index contributed by atoms with van der Waals surface area (Å²) in [7, 11) is 0. The third-order valence-corrected chi connectivity index (χ3v) is 32.8. The van der Waals surface area contributed by atoms with Crippen molar-refractivity contribution in [1.29, 1.82) is 0 Å². The zero-order valence-electron chi connectivity index (χ0n) is 43.6. The second-order valence-electron chi connectivity index (χ2n) is 28.8. The monoisotopic (exact) mass is 1180 g/mol. The second kappa shape index (κ2) is 9.84. The van der Waals surface area contributed by atoms with Gasteiger partial charge in [-0.2, -0.15) is 0 Å². The molecule has 3 fully saturated rings. The molecule has 3 aliphatic heterocycles. The molecule has 2 nitrogen and oxygen atoms in total. The third kappa shape index (κ3) is 2.47. The van der Waals surface area contributed by atoms with Crippen LogP contribution in [-0.2, 0) is 32.7 Å². The molecule has 1 amide bonds. The Morgan fingerprint density at radius 1 is 0.326 bits per heavy atom. The van der Waals surface area contributed by atoms with Crippen LogP contribution in [0.3, 0.4) is 0 Å². The van der Waals surface area contributed by atoms with Gasteiger partial charge in [-0.15, -0.1) is 0 Å². The van der Waals surface area contributed by atoms with Crippen LogP contribution in [0, 0.1) is 63.7 Å². The minimum atomic E-state index is -0.589. The number of hydrogen-bond donors (Lipinski definition) is 0. The molecule has 1 unspecified atom stereocenters. The number of carbonyl (C=O) groups is 1. The number of amides is 1. The maximum Gasteiger partial charge on any atom is 2.00 e. The van der Waals surface area contributed by atoms with Crippen molar-refractivity contribution in [2.75, 3.05) is 6.54 Å². The van der Waals surface area contributed by atoms with Gasteiger partial charge in [0.25, 0.3) is 0 Å². The van der Waals surface area contributed by atoms with E-state index in [1.807, 2.05) is 79.2 Å². The standard InChI is InChI=1S/C74H10NOS4.C5H5.Fe/c76-70(9-3-1-2-4-9)75-8-73-65-57-49-39-29-21-13-11-12-15-19-17(13)25-33-27(19)37-31-23(15)24-16(12)20-18-14(11)22(21)30-36-26(18)34-28(20)38-32(24)42-41(31)53-47(37)55-45(33)51(43(49)35(25)29)59(65)61(55)67-63(53)64-54(42)48(38)56-46(34)52-44(36)50(40(30)39)58(57)66(73)60(52)62(56)68(64)74(67,73)69(75)10-7-79-72(80-10)71-77-5-6-78-71;1-2-4-5-3-1;/h1-7,69H,8H2;1-5H;/q;;+2. The molecular formula is C79H15FeNOS4+2. The van der Waals surface area contributed by atoms with Gasteiger partial charge in [-0.1, -0.05) is 47.0 Å². The first-order valence-electron chi connectivity index (χ1n) is 30.5. The van der Waals surface area contributed by atoms with Gasteiger partial charge in [0.2, 0.25) is 5.91 Å². The Morgan fingerprint density at radius 3 is 0.860 bits per heavy atom. The Morgan fingerprint density at radius 2 is 0.581 bits per heavy atom. The van der Waals surface area contributed by atoms with E-state index in [0.29, 0.717) is 6.54 Å². The van der Waals surface area contributed by atoms with Gasteiger partial charge in [-0.05, 0) is 387 Å². The normalized spacial score (nSPS) is 24.9. The smallest absolute Gasteiger partial charge is 0.332 e. The van der Waals surface area contributed by atoms with Crippen molar-refractivity contribution < 1.29 is 21.9 Å². The molecule has 1 atom stereocenters. The van der Waals surface area contributed by atoms with Crippen LogP contribution in [0.25, 0.3) is 291 Å². The molecule has 3 heterocycles. The Hall–Kier alpha value is -6.93. The van der Waals surface area contributed by atoms with E-state index in [9.17, 15) is 0 Å². The van der Waals surface area contributed by atoms with Crippen LogP contribution in [0.15, 0.2) is 29.6 Å². The van der Waals surface area contributed by atoms with E-state index in [1.165, 1.54) is 13.4 Å². The maximum absolute atomic E-state index is 16.7. The molecule has 1 saturated heterocycles. The topological polar surface area (TPSA) is 20.3 Å². The molecule has 372 valence electrons. The fourth-order valence-corrected chi connectivity index (χ4v) is 31.9. The van der Waals surface area contributed by atoms with E-state index in [4.69, 9.17) is 0 Å². The molecule has 0 bridgehead atoms. The van der Waals surface area contributed by atoms with Crippen molar-refractivity contribution in [1.82, 2.24) is 4.90 Å². The Labute approximate surface area is 505 Å². The van der Waals surface area contributed by atoms with E-state index < -0.39 is 10.8 Å². The van der Waals surface area contributed by atoms with E-state index in [0.717, 1.165) is 5.92 Å². The van der Waals surface area contributed by atoms with Crippen LogP contribution >= 0.6 is 47.0 Å². The van der Waals surface area contributed by atoms with Gasteiger partial charge in [-0.3, -0.25) is 4.79 Å². The summed E-state index contributed by atoms with van der Waals surface area (Å²) in [4.78, 5) is 20.6. The summed E-state index contributed by atoms with van der Waals surface area (Å²) in [5.74, 6) is 1.04. The fourth-order valence-electron chi connectivity index (χ4n) is 27.2. The first kappa shape index (κ1) is 38.4. The maximum atomic E-state index is 16.7. The summed E-state index contributed by atoms with van der Waals surface area (Å²) in [6.45, 7) is 0.677. The van der Waals surface area contributed by atoms with Gasteiger partial charge in [0.15, 0.2) is 0 Å². The Kier molecular flexibility index (Phi) is 4.39. The molecule has 0 N–H and O–H groups in total. The summed E-state index contributed by atoms with van der Waals surface area (Å²) in [5, 5.41) is 94.2. The summed E-state index contributed by atoms with van der Waals surface area (Å²) in [5.41, 5.74) is 5.41. The number of carbonyl (C=O) groups excluding carboxylic acids is 1. The van der Waals surface area contributed by atoms with Crippen molar-refractivity contribution >= 4 is 344 Å². The third-order valence-electron chi connectivity index (χ3n) is 27.8. The molecule has 10 radical (unpaired) electrons. The molecule has 2 spiro atoms. The average molecular weight is 1180 g/mol. The number of benzene rings is 18. The van der Waals surface area contributed by atoms with Crippen LogP contribution in [-0.4, -0.2) is 23.4 Å². The van der Waals surface area contributed by atoms with Gasteiger partial charge < -0.3 is 4.90 Å². The van der Waals surface area contributed by atoms with Gasteiger partial charge in [-0.25, -0.2) is 0 Å². The van der Waals surface area contributed by atoms with Crippen LogP contribution in [0.1, 0.15) is 22.3 Å². The van der Waals surface area contributed by atoms with Crippen molar-refractivity contribution in [2.24, 2.45) is 0 Å². The van der Waals surface area contributed by atoms with Crippen LogP contribution in [0.2, 0.25) is 0 Å². The minimum absolute atomic E-state index is 0. The van der Waals surface area contributed by atoms with E-state index in [1.54, 1.807) is 313 Å². The zero-order valence-corrected chi connectivity index (χ0v) is 47.9. The molecule has 7 heteroatoms. The first-order chi connectivity index (χ1) is 42.3. The van der Waals surface area contributed by atoms with Gasteiger partial charge >= 0.3 is 17.1 Å². The van der Waals surface area contributed by atoms with Gasteiger partial charge in [0.1, 0.15) is 0 Å². The molecule has 9 aliphatic rings. The van der Waals surface area contributed by atoms with Crippen LogP contribution < -0.4 is 0 Å². The largest absolute Gasteiger partial charge is 2.00 e. The number of rotatable bonds is 2. The minimum Gasteiger partial charge on any atom is -0.332 e. The summed E-state index contributed by atoms with van der Waals surface area (Å²) in [6.07, 6.45) is 18.5. The number of hydrogen-bond acceptors (Lipinski definition) is 5. The molecule has 6 aliphatic carbocycles. The van der Waals surface area contributed by atoms with E-state index in [2.05, 4.69) is 46.8 Å². The molecule has 0 aromatic heterocycles. The molecule has 86 heavy (non-hydrogen) atoms. The van der Waals surface area contributed by atoms with Gasteiger partial charge in [0, 0.05) is 11.4 Å². The predicted molar refractivity (Wildman–Crippen MR) is 366 cm³/mol. The molecular weight excluding hydrogens is 1160 g/mol. The number of thioether (sulfide) groups is 4. The Bertz CT molecular complexity index is 7750. The molecule has 2 saturated carbocycles. The van der Waals surface area contributed by atoms with Crippen molar-refractivity contribution in [3.05, 3.63) is 116 Å². The fraction of sp³-hybridized carbons (Fsp3) is 0.0506. The first-order valence-corrected chi connectivity index (χ1v) is 34.0. The average Bonchev–Trinajstić information content (AvgIpc) is 1.38. The van der Waals surface area contributed by atoms with Crippen LogP contribution in [0.4, 0.5) is 0 Å².